The molecule has 0 heterocycles. The zero-order valence-corrected chi connectivity index (χ0v) is 9.20. The highest BCUT2D eigenvalue weighted by Crippen LogP contribution is 2.20. The molecule has 0 atom stereocenters. The van der Waals surface area contributed by atoms with Crippen LogP contribution in [-0.4, -0.2) is 24.2 Å². The summed E-state index contributed by atoms with van der Waals surface area (Å²) in [6.07, 6.45) is 1.36. The average Bonchev–Trinajstić information content (AvgIpc) is 2.27. The molecule has 0 aromatic heterocycles. The van der Waals surface area contributed by atoms with Crippen molar-refractivity contribution in [2.24, 2.45) is 0 Å². The van der Waals surface area contributed by atoms with Gasteiger partial charge < -0.3 is 10.0 Å². The third-order valence-corrected chi connectivity index (χ3v) is 2.19. The second-order valence-electron chi connectivity index (χ2n) is 3.47. The van der Waals surface area contributed by atoms with Crippen molar-refractivity contribution < 1.29 is 18.7 Å². The summed E-state index contributed by atoms with van der Waals surface area (Å²) in [5, 5.41) is 8.58. The Morgan fingerprint density at radius 1 is 1.47 bits per heavy atom. The van der Waals surface area contributed by atoms with E-state index in [1.165, 1.54) is 11.0 Å². The molecule has 0 saturated heterocycles. The highest BCUT2D eigenvalue weighted by molar-refractivity contribution is 5.67. The van der Waals surface area contributed by atoms with Crippen LogP contribution in [-0.2, 0) is 4.79 Å². The average molecular weight is 241 g/mol. The molecule has 1 rings (SSSR count). The molecule has 0 aliphatic carbocycles. The quantitative estimate of drug-likeness (QED) is 0.777. The van der Waals surface area contributed by atoms with Crippen molar-refractivity contribution in [3.63, 3.8) is 0 Å². The van der Waals surface area contributed by atoms with Gasteiger partial charge in [0.25, 0.3) is 0 Å². The van der Waals surface area contributed by atoms with Crippen molar-refractivity contribution >= 4 is 11.7 Å². The van der Waals surface area contributed by atoms with E-state index in [-0.39, 0.29) is 25.2 Å². The van der Waals surface area contributed by atoms with Gasteiger partial charge in [-0.05, 0) is 12.1 Å². The topological polar surface area (TPSA) is 40.5 Å². The second kappa shape index (κ2) is 5.98. The molecule has 0 aliphatic rings. The SMILES string of the molecule is C=CCN(CCC(=O)O)c1cc(F)ccc1F. The van der Waals surface area contributed by atoms with E-state index in [2.05, 4.69) is 6.58 Å². The molecule has 0 aliphatic heterocycles. The van der Waals surface area contributed by atoms with Crippen LogP contribution in [0.2, 0.25) is 0 Å². The minimum Gasteiger partial charge on any atom is -0.481 e. The Labute approximate surface area is 98.0 Å². The predicted octanol–water partition coefficient (Wildman–Crippen LogP) is 2.43. The third-order valence-electron chi connectivity index (χ3n) is 2.19. The van der Waals surface area contributed by atoms with Gasteiger partial charge in [-0.25, -0.2) is 8.78 Å². The number of carbonyl (C=O) groups is 1. The number of anilines is 1. The van der Waals surface area contributed by atoms with E-state index < -0.39 is 17.6 Å². The maximum Gasteiger partial charge on any atom is 0.305 e. The predicted molar refractivity (Wildman–Crippen MR) is 61.0 cm³/mol. The van der Waals surface area contributed by atoms with E-state index in [0.29, 0.717) is 0 Å². The Balaban J connectivity index is 2.91. The summed E-state index contributed by atoms with van der Waals surface area (Å²) in [6.45, 7) is 3.86. The monoisotopic (exact) mass is 241 g/mol. The minimum atomic E-state index is -0.990. The van der Waals surface area contributed by atoms with Crippen LogP contribution in [0.3, 0.4) is 0 Å². The van der Waals surface area contributed by atoms with Gasteiger partial charge in [-0.3, -0.25) is 4.79 Å². The zero-order chi connectivity index (χ0) is 12.8. The number of hydrogen-bond acceptors (Lipinski definition) is 2. The van der Waals surface area contributed by atoms with Gasteiger partial charge in [-0.1, -0.05) is 6.08 Å². The van der Waals surface area contributed by atoms with Gasteiger partial charge >= 0.3 is 5.97 Å². The fraction of sp³-hybridized carbons (Fsp3) is 0.250. The molecule has 0 radical (unpaired) electrons. The molecule has 92 valence electrons. The molecule has 5 heteroatoms. The summed E-state index contributed by atoms with van der Waals surface area (Å²) in [5.74, 6) is -2.14. The standard InChI is InChI=1S/C12H13F2NO2/c1-2-6-15(7-5-12(16)17)11-8-9(13)3-4-10(11)14/h2-4,8H,1,5-7H2,(H,16,17). The lowest BCUT2D eigenvalue weighted by atomic mass is 10.2. The third kappa shape index (κ3) is 3.86. The van der Waals surface area contributed by atoms with Crippen molar-refractivity contribution in [3.8, 4) is 0 Å². The van der Waals surface area contributed by atoms with Gasteiger partial charge in [0.2, 0.25) is 0 Å². The van der Waals surface area contributed by atoms with Crippen molar-refractivity contribution in [2.45, 2.75) is 6.42 Å². The van der Waals surface area contributed by atoms with Gasteiger partial charge in [-0.15, -0.1) is 6.58 Å². The summed E-state index contributed by atoms with van der Waals surface area (Å²) in [7, 11) is 0. The Morgan fingerprint density at radius 3 is 2.76 bits per heavy atom. The van der Waals surface area contributed by atoms with Crippen LogP contribution in [0, 0.1) is 11.6 Å². The Kier molecular flexibility index (Phi) is 4.63. The fourth-order valence-electron chi connectivity index (χ4n) is 1.42. The summed E-state index contributed by atoms with van der Waals surface area (Å²) in [4.78, 5) is 11.9. The molecular weight excluding hydrogens is 228 g/mol. The molecule has 0 unspecified atom stereocenters. The first-order chi connectivity index (χ1) is 8.04. The molecule has 1 aromatic rings. The van der Waals surface area contributed by atoms with Crippen molar-refractivity contribution in [1.29, 1.82) is 0 Å². The van der Waals surface area contributed by atoms with Crippen LogP contribution in [0.4, 0.5) is 14.5 Å². The molecule has 0 amide bonds. The summed E-state index contributed by atoms with van der Waals surface area (Å²) >= 11 is 0. The van der Waals surface area contributed by atoms with Crippen LogP contribution < -0.4 is 4.90 Å². The van der Waals surface area contributed by atoms with Crippen LogP contribution in [0.25, 0.3) is 0 Å². The molecular formula is C12H13F2NO2. The Hall–Kier alpha value is -1.91. The van der Waals surface area contributed by atoms with Gasteiger partial charge in [0.1, 0.15) is 11.6 Å². The second-order valence-corrected chi connectivity index (χ2v) is 3.47. The molecule has 0 fully saturated rings. The van der Waals surface area contributed by atoms with Crippen LogP contribution in [0.5, 0.6) is 0 Å². The van der Waals surface area contributed by atoms with Crippen LogP contribution in [0.15, 0.2) is 30.9 Å². The van der Waals surface area contributed by atoms with Crippen molar-refractivity contribution in [1.82, 2.24) is 0 Å². The van der Waals surface area contributed by atoms with Crippen LogP contribution >= 0.6 is 0 Å². The van der Waals surface area contributed by atoms with E-state index in [9.17, 15) is 13.6 Å². The highest BCUT2D eigenvalue weighted by atomic mass is 19.1. The Morgan fingerprint density at radius 2 is 2.18 bits per heavy atom. The normalized spacial score (nSPS) is 10.0. The first kappa shape index (κ1) is 13.2. The summed E-state index contributed by atoms with van der Waals surface area (Å²) < 4.78 is 26.5. The Bertz CT molecular complexity index is 421. The lowest BCUT2D eigenvalue weighted by molar-refractivity contribution is -0.136. The zero-order valence-electron chi connectivity index (χ0n) is 9.20. The lowest BCUT2D eigenvalue weighted by Gasteiger charge is -2.23. The van der Waals surface area contributed by atoms with Gasteiger partial charge in [0.05, 0.1) is 12.1 Å². The van der Waals surface area contributed by atoms with Crippen LogP contribution in [0.1, 0.15) is 6.42 Å². The van der Waals surface area contributed by atoms with Crippen molar-refractivity contribution in [3.05, 3.63) is 42.5 Å². The molecule has 0 saturated carbocycles. The molecule has 17 heavy (non-hydrogen) atoms. The largest absolute Gasteiger partial charge is 0.481 e. The summed E-state index contributed by atoms with van der Waals surface area (Å²) in [5.41, 5.74) is 0.0474. The van der Waals surface area contributed by atoms with E-state index in [1.54, 1.807) is 0 Å². The summed E-state index contributed by atoms with van der Waals surface area (Å²) in [6, 6.07) is 3.07. The first-order valence-corrected chi connectivity index (χ1v) is 5.07. The number of halogens is 2. The van der Waals surface area contributed by atoms with E-state index >= 15 is 0 Å². The fourth-order valence-corrected chi connectivity index (χ4v) is 1.42. The maximum atomic E-state index is 13.5. The number of carboxylic acid groups (broad SMARTS) is 1. The molecule has 1 N–H and O–H groups in total. The van der Waals surface area contributed by atoms with Crippen molar-refractivity contribution in [2.75, 3.05) is 18.0 Å². The highest BCUT2D eigenvalue weighted by Gasteiger charge is 2.12. The smallest absolute Gasteiger partial charge is 0.305 e. The van der Waals surface area contributed by atoms with E-state index in [1.807, 2.05) is 0 Å². The molecule has 1 aromatic carbocycles. The van der Waals surface area contributed by atoms with Gasteiger partial charge in [-0.2, -0.15) is 0 Å². The molecule has 3 nitrogen and oxygen atoms in total. The van der Waals surface area contributed by atoms with E-state index in [4.69, 9.17) is 5.11 Å². The molecule has 0 bridgehead atoms. The van der Waals surface area contributed by atoms with Gasteiger partial charge in [0.15, 0.2) is 0 Å². The number of rotatable bonds is 6. The maximum absolute atomic E-state index is 13.5. The number of benzene rings is 1. The minimum absolute atomic E-state index is 0.0474. The first-order valence-electron chi connectivity index (χ1n) is 5.07. The number of nitrogens with zero attached hydrogens (tertiary/aromatic N) is 1. The molecule has 0 spiro atoms. The number of aliphatic carboxylic acids is 1. The number of hydrogen-bond donors (Lipinski definition) is 1. The van der Waals surface area contributed by atoms with E-state index in [0.717, 1.165) is 18.2 Å². The van der Waals surface area contributed by atoms with Gasteiger partial charge in [0, 0.05) is 19.2 Å². The number of carboxylic acids is 1. The lowest BCUT2D eigenvalue weighted by Crippen LogP contribution is -2.27.